The summed E-state index contributed by atoms with van der Waals surface area (Å²) < 4.78 is 6.70. The molecule has 0 spiro atoms. The third-order valence-corrected chi connectivity index (χ3v) is 6.23. The zero-order valence-corrected chi connectivity index (χ0v) is 19.6. The first-order valence-electron chi connectivity index (χ1n) is 10.3. The lowest BCUT2D eigenvalue weighted by Gasteiger charge is -2.30. The van der Waals surface area contributed by atoms with E-state index >= 15 is 0 Å². The van der Waals surface area contributed by atoms with E-state index in [1.165, 1.54) is 0 Å². The molecule has 0 unspecified atom stereocenters. The molecule has 6 heteroatoms. The van der Waals surface area contributed by atoms with E-state index in [0.717, 1.165) is 26.4 Å². The molecule has 0 heterocycles. The minimum absolute atomic E-state index is 0.156. The summed E-state index contributed by atoms with van der Waals surface area (Å²) >= 11 is 3.60. The van der Waals surface area contributed by atoms with E-state index in [2.05, 4.69) is 21.2 Å². The zero-order valence-electron chi connectivity index (χ0n) is 18.0. The maximum Gasteiger partial charge on any atom is 0.261 e. The van der Waals surface area contributed by atoms with Crippen molar-refractivity contribution in [3.8, 4) is 5.75 Å². The lowest BCUT2D eigenvalue weighted by atomic mass is 10.1. The van der Waals surface area contributed by atoms with Crippen molar-refractivity contribution < 1.29 is 14.3 Å². The minimum Gasteiger partial charge on any atom is -0.483 e. The third-order valence-electron chi connectivity index (χ3n) is 5.41. The van der Waals surface area contributed by atoms with Crippen LogP contribution in [0.4, 0.5) is 0 Å². The van der Waals surface area contributed by atoms with E-state index in [0.29, 0.717) is 18.7 Å². The molecule has 0 saturated carbocycles. The van der Waals surface area contributed by atoms with Gasteiger partial charge in [-0.05, 0) is 57.2 Å². The average Bonchev–Trinajstić information content (AvgIpc) is 2.79. The number of hydrogen-bond acceptors (Lipinski definition) is 3. The SMILES string of the molecule is CC[C@@H](C(=O)NC)N(Cc1ccccc1C)C(=O)COc1ccc2ccccc2c1Br. The number of amides is 2. The molecule has 3 aromatic rings. The van der Waals surface area contributed by atoms with Gasteiger partial charge in [0.1, 0.15) is 11.8 Å². The van der Waals surface area contributed by atoms with Crippen molar-refractivity contribution >= 4 is 38.5 Å². The lowest BCUT2D eigenvalue weighted by Crippen LogP contribution is -2.49. The van der Waals surface area contributed by atoms with Crippen LogP contribution in [0.1, 0.15) is 24.5 Å². The van der Waals surface area contributed by atoms with Gasteiger partial charge in [-0.15, -0.1) is 0 Å². The number of carbonyl (C=O) groups excluding carboxylic acids is 2. The number of benzene rings is 3. The van der Waals surface area contributed by atoms with Gasteiger partial charge in [-0.25, -0.2) is 0 Å². The maximum atomic E-state index is 13.2. The van der Waals surface area contributed by atoms with Crippen LogP contribution in [0.15, 0.2) is 65.1 Å². The summed E-state index contributed by atoms with van der Waals surface area (Å²) in [5, 5.41) is 4.77. The van der Waals surface area contributed by atoms with Crippen LogP contribution in [-0.2, 0) is 16.1 Å². The van der Waals surface area contributed by atoms with Gasteiger partial charge >= 0.3 is 0 Å². The Morgan fingerprint density at radius 1 is 1.06 bits per heavy atom. The molecule has 31 heavy (non-hydrogen) atoms. The predicted octanol–water partition coefficient (Wildman–Crippen LogP) is 4.84. The number of aryl methyl sites for hydroxylation is 1. The smallest absolute Gasteiger partial charge is 0.261 e. The van der Waals surface area contributed by atoms with E-state index in [1.807, 2.05) is 74.5 Å². The number of fused-ring (bicyclic) bond motifs is 1. The zero-order chi connectivity index (χ0) is 22.4. The summed E-state index contributed by atoms with van der Waals surface area (Å²) in [6.45, 7) is 4.09. The number of carbonyl (C=O) groups is 2. The van der Waals surface area contributed by atoms with Crippen LogP contribution in [0.5, 0.6) is 5.75 Å². The van der Waals surface area contributed by atoms with Gasteiger partial charge in [0, 0.05) is 13.6 Å². The number of nitrogens with one attached hydrogen (secondary N) is 1. The van der Waals surface area contributed by atoms with Gasteiger partial charge in [0.15, 0.2) is 6.61 Å². The molecular weight excluding hydrogens is 456 g/mol. The molecule has 2 amide bonds. The minimum atomic E-state index is -0.569. The van der Waals surface area contributed by atoms with Gasteiger partial charge in [0.05, 0.1) is 4.47 Å². The van der Waals surface area contributed by atoms with Gasteiger partial charge in [0.25, 0.3) is 5.91 Å². The second-order valence-electron chi connectivity index (χ2n) is 7.37. The fourth-order valence-corrected chi connectivity index (χ4v) is 4.21. The number of nitrogens with zero attached hydrogens (tertiary/aromatic N) is 1. The van der Waals surface area contributed by atoms with Crippen LogP contribution in [0, 0.1) is 6.92 Å². The van der Waals surface area contributed by atoms with Crippen molar-refractivity contribution in [3.05, 3.63) is 76.3 Å². The van der Waals surface area contributed by atoms with Crippen LogP contribution in [0.3, 0.4) is 0 Å². The highest BCUT2D eigenvalue weighted by Gasteiger charge is 2.28. The molecule has 0 radical (unpaired) electrons. The Balaban J connectivity index is 1.83. The first kappa shape index (κ1) is 22.8. The molecule has 1 N–H and O–H groups in total. The topological polar surface area (TPSA) is 58.6 Å². The van der Waals surface area contributed by atoms with Gasteiger partial charge in [-0.3, -0.25) is 9.59 Å². The summed E-state index contributed by atoms with van der Waals surface area (Å²) in [4.78, 5) is 27.3. The summed E-state index contributed by atoms with van der Waals surface area (Å²) in [6.07, 6.45) is 0.511. The number of rotatable bonds is 8. The Morgan fingerprint density at radius 2 is 1.77 bits per heavy atom. The van der Waals surface area contributed by atoms with Gasteiger partial charge in [-0.1, -0.05) is 61.5 Å². The van der Waals surface area contributed by atoms with Crippen molar-refractivity contribution in [3.63, 3.8) is 0 Å². The summed E-state index contributed by atoms with van der Waals surface area (Å²) in [7, 11) is 1.59. The fourth-order valence-electron chi connectivity index (χ4n) is 3.60. The predicted molar refractivity (Wildman–Crippen MR) is 127 cm³/mol. The van der Waals surface area contributed by atoms with Crippen LogP contribution in [-0.4, -0.2) is 36.4 Å². The molecule has 162 valence electrons. The Hall–Kier alpha value is -2.86. The summed E-state index contributed by atoms with van der Waals surface area (Å²) in [5.41, 5.74) is 2.08. The van der Waals surface area contributed by atoms with Gasteiger partial charge in [-0.2, -0.15) is 0 Å². The average molecular weight is 483 g/mol. The van der Waals surface area contributed by atoms with Gasteiger partial charge in [0.2, 0.25) is 5.91 Å². The molecule has 0 aliphatic rings. The van der Waals surface area contributed by atoms with Crippen molar-refractivity contribution in [2.45, 2.75) is 32.9 Å². The highest BCUT2D eigenvalue weighted by molar-refractivity contribution is 9.10. The largest absolute Gasteiger partial charge is 0.483 e. The molecule has 0 aliphatic heterocycles. The lowest BCUT2D eigenvalue weighted by molar-refractivity contribution is -0.142. The molecule has 3 rings (SSSR count). The number of likely N-dealkylation sites (N-methyl/N-ethyl adjacent to an activating group) is 1. The van der Waals surface area contributed by atoms with E-state index in [1.54, 1.807) is 11.9 Å². The Kier molecular flexibility index (Phi) is 7.69. The second kappa shape index (κ2) is 10.4. The molecule has 3 aromatic carbocycles. The van der Waals surface area contributed by atoms with Crippen LogP contribution in [0.2, 0.25) is 0 Å². The maximum absolute atomic E-state index is 13.2. The summed E-state index contributed by atoms with van der Waals surface area (Å²) in [5.74, 6) is 0.172. The number of ether oxygens (including phenoxy) is 1. The Labute approximate surface area is 191 Å². The van der Waals surface area contributed by atoms with E-state index in [9.17, 15) is 9.59 Å². The van der Waals surface area contributed by atoms with Crippen molar-refractivity contribution in [2.75, 3.05) is 13.7 Å². The van der Waals surface area contributed by atoms with Crippen molar-refractivity contribution in [1.29, 1.82) is 0 Å². The first-order chi connectivity index (χ1) is 15.0. The first-order valence-corrected chi connectivity index (χ1v) is 11.1. The van der Waals surface area contributed by atoms with Crippen molar-refractivity contribution in [2.24, 2.45) is 0 Å². The quantitative estimate of drug-likeness (QED) is 0.499. The van der Waals surface area contributed by atoms with Crippen molar-refractivity contribution in [1.82, 2.24) is 10.2 Å². The van der Waals surface area contributed by atoms with Crippen LogP contribution >= 0.6 is 15.9 Å². The Bertz CT molecular complexity index is 1080. The molecule has 0 saturated heterocycles. The summed E-state index contributed by atoms with van der Waals surface area (Å²) in [6, 6.07) is 19.1. The Morgan fingerprint density at radius 3 is 2.48 bits per heavy atom. The molecule has 0 bridgehead atoms. The molecular formula is C25H27BrN2O3. The number of halogens is 1. The highest BCUT2D eigenvalue weighted by atomic mass is 79.9. The number of hydrogen-bond donors (Lipinski definition) is 1. The fraction of sp³-hybridized carbons (Fsp3) is 0.280. The van der Waals surface area contributed by atoms with E-state index in [4.69, 9.17) is 4.74 Å². The molecule has 5 nitrogen and oxygen atoms in total. The monoisotopic (exact) mass is 482 g/mol. The van der Waals surface area contributed by atoms with E-state index < -0.39 is 6.04 Å². The van der Waals surface area contributed by atoms with Crippen LogP contribution in [0.25, 0.3) is 10.8 Å². The van der Waals surface area contributed by atoms with E-state index in [-0.39, 0.29) is 18.4 Å². The third kappa shape index (κ3) is 5.25. The molecule has 0 aromatic heterocycles. The molecule has 0 aliphatic carbocycles. The molecule has 1 atom stereocenters. The normalized spacial score (nSPS) is 11.7. The highest BCUT2D eigenvalue weighted by Crippen LogP contribution is 2.33. The van der Waals surface area contributed by atoms with Crippen LogP contribution < -0.4 is 10.1 Å². The van der Waals surface area contributed by atoms with Gasteiger partial charge < -0.3 is 15.0 Å². The standard InChI is InChI=1S/C25H27BrN2O3/c1-4-21(25(30)27-3)28(15-19-11-6-5-9-17(19)2)23(29)16-31-22-14-13-18-10-7-8-12-20(18)24(22)26/h5-14,21H,4,15-16H2,1-3H3,(H,27,30)/t21-/m0/s1. The molecule has 0 fully saturated rings. The second-order valence-corrected chi connectivity index (χ2v) is 8.17.